The van der Waals surface area contributed by atoms with Gasteiger partial charge in [-0.2, -0.15) is 8.75 Å². The molecule has 1 heterocycles. The summed E-state index contributed by atoms with van der Waals surface area (Å²) in [6, 6.07) is 3.82. The molecule has 0 atom stereocenters. The maximum atomic E-state index is 6.28. The van der Waals surface area contributed by atoms with Gasteiger partial charge < -0.3 is 5.32 Å². The SMILES string of the molecule is CC1CCC(CNc2c(Cl)ccc3nsnc23)CC1. The van der Waals surface area contributed by atoms with Crippen molar-refractivity contribution in [2.24, 2.45) is 11.8 Å². The Hall–Kier alpha value is -0.870. The van der Waals surface area contributed by atoms with Crippen LogP contribution in [0.4, 0.5) is 5.69 Å². The molecule has 3 rings (SSSR count). The fourth-order valence-corrected chi connectivity index (χ4v) is 3.54. The summed E-state index contributed by atoms with van der Waals surface area (Å²) in [5.41, 5.74) is 2.78. The third kappa shape index (κ3) is 2.84. The molecule has 0 unspecified atom stereocenters. The van der Waals surface area contributed by atoms with E-state index in [2.05, 4.69) is 21.0 Å². The molecule has 3 nitrogen and oxygen atoms in total. The molecule has 1 saturated carbocycles. The van der Waals surface area contributed by atoms with Crippen LogP contribution in [-0.2, 0) is 0 Å². The summed E-state index contributed by atoms with van der Waals surface area (Å²) < 4.78 is 8.60. The van der Waals surface area contributed by atoms with Gasteiger partial charge in [-0.25, -0.2) is 0 Å². The van der Waals surface area contributed by atoms with Crippen LogP contribution in [-0.4, -0.2) is 15.3 Å². The number of rotatable bonds is 3. The molecule has 1 aromatic carbocycles. The van der Waals surface area contributed by atoms with E-state index in [-0.39, 0.29) is 0 Å². The van der Waals surface area contributed by atoms with Gasteiger partial charge in [-0.1, -0.05) is 31.4 Å². The highest BCUT2D eigenvalue weighted by molar-refractivity contribution is 7.00. The lowest BCUT2D eigenvalue weighted by Crippen LogP contribution is -2.20. The zero-order valence-electron chi connectivity index (χ0n) is 11.0. The molecule has 19 heavy (non-hydrogen) atoms. The molecule has 0 aliphatic heterocycles. The summed E-state index contributed by atoms with van der Waals surface area (Å²) in [6.07, 6.45) is 5.33. The van der Waals surface area contributed by atoms with Crippen LogP contribution in [0.1, 0.15) is 32.6 Å². The molecule has 5 heteroatoms. The van der Waals surface area contributed by atoms with E-state index in [9.17, 15) is 0 Å². The molecule has 0 saturated heterocycles. The lowest BCUT2D eigenvalue weighted by molar-refractivity contribution is 0.300. The van der Waals surface area contributed by atoms with Crippen LogP contribution in [0.15, 0.2) is 12.1 Å². The highest BCUT2D eigenvalue weighted by atomic mass is 35.5. The number of aromatic nitrogens is 2. The molecular weight excluding hydrogens is 278 g/mol. The van der Waals surface area contributed by atoms with Crippen molar-refractivity contribution in [2.75, 3.05) is 11.9 Å². The minimum absolute atomic E-state index is 0.740. The number of anilines is 1. The molecule has 1 aliphatic carbocycles. The summed E-state index contributed by atoms with van der Waals surface area (Å²) in [5, 5.41) is 4.24. The molecule has 0 radical (unpaired) electrons. The number of nitrogens with one attached hydrogen (secondary N) is 1. The summed E-state index contributed by atoms with van der Waals surface area (Å²) >= 11 is 7.51. The first kappa shape index (κ1) is 13.1. The molecule has 1 N–H and O–H groups in total. The molecule has 1 fully saturated rings. The third-order valence-corrected chi connectivity index (χ3v) is 4.94. The zero-order valence-corrected chi connectivity index (χ0v) is 12.6. The maximum Gasteiger partial charge on any atom is 0.129 e. The average Bonchev–Trinajstić information content (AvgIpc) is 2.88. The van der Waals surface area contributed by atoms with Gasteiger partial charge in [0.2, 0.25) is 0 Å². The van der Waals surface area contributed by atoms with Crippen molar-refractivity contribution in [3.63, 3.8) is 0 Å². The Labute approximate surface area is 122 Å². The Balaban J connectivity index is 1.71. The first-order chi connectivity index (χ1) is 9.24. The first-order valence-electron chi connectivity index (χ1n) is 6.88. The predicted octanol–water partition coefficient (Wildman–Crippen LogP) is 4.58. The van der Waals surface area contributed by atoms with Crippen molar-refractivity contribution in [3.8, 4) is 0 Å². The summed E-state index contributed by atoms with van der Waals surface area (Å²) in [6.45, 7) is 3.34. The second kappa shape index (κ2) is 5.63. The van der Waals surface area contributed by atoms with Gasteiger partial charge in [-0.3, -0.25) is 0 Å². The van der Waals surface area contributed by atoms with Crippen molar-refractivity contribution >= 4 is 40.0 Å². The van der Waals surface area contributed by atoms with Crippen molar-refractivity contribution in [3.05, 3.63) is 17.2 Å². The van der Waals surface area contributed by atoms with Crippen molar-refractivity contribution in [1.29, 1.82) is 0 Å². The Morgan fingerprint density at radius 1 is 1.26 bits per heavy atom. The van der Waals surface area contributed by atoms with Crippen molar-refractivity contribution < 1.29 is 0 Å². The van der Waals surface area contributed by atoms with Crippen LogP contribution in [0.3, 0.4) is 0 Å². The number of fused-ring (bicyclic) bond motifs is 1. The Bertz CT molecular complexity index is 561. The lowest BCUT2D eigenvalue weighted by atomic mass is 9.83. The van der Waals surface area contributed by atoms with Gasteiger partial charge in [-0.05, 0) is 36.8 Å². The maximum absolute atomic E-state index is 6.28. The topological polar surface area (TPSA) is 37.8 Å². The second-order valence-corrected chi connectivity index (χ2v) is 6.50. The van der Waals surface area contributed by atoms with E-state index in [1.54, 1.807) is 0 Å². The van der Waals surface area contributed by atoms with Crippen molar-refractivity contribution in [1.82, 2.24) is 8.75 Å². The molecule has 2 aromatic rings. The van der Waals surface area contributed by atoms with Crippen LogP contribution in [0, 0.1) is 11.8 Å². The minimum atomic E-state index is 0.740. The molecule has 0 bridgehead atoms. The lowest BCUT2D eigenvalue weighted by Gasteiger charge is -2.26. The predicted molar refractivity (Wildman–Crippen MR) is 82.0 cm³/mol. The Morgan fingerprint density at radius 3 is 2.84 bits per heavy atom. The van der Waals surface area contributed by atoms with Gasteiger partial charge in [0, 0.05) is 6.54 Å². The minimum Gasteiger partial charge on any atom is -0.382 e. The van der Waals surface area contributed by atoms with Gasteiger partial charge >= 0.3 is 0 Å². The van der Waals surface area contributed by atoms with E-state index in [4.69, 9.17) is 11.6 Å². The van der Waals surface area contributed by atoms with Gasteiger partial charge in [0.25, 0.3) is 0 Å². The van der Waals surface area contributed by atoms with E-state index < -0.39 is 0 Å². The van der Waals surface area contributed by atoms with Gasteiger partial charge in [0.1, 0.15) is 11.0 Å². The van der Waals surface area contributed by atoms with Crippen molar-refractivity contribution in [2.45, 2.75) is 32.6 Å². The highest BCUT2D eigenvalue weighted by Gasteiger charge is 2.19. The van der Waals surface area contributed by atoms with Crippen LogP contribution >= 0.6 is 23.3 Å². The second-order valence-electron chi connectivity index (χ2n) is 5.56. The van der Waals surface area contributed by atoms with Gasteiger partial charge in [-0.15, -0.1) is 0 Å². The number of hydrogen-bond acceptors (Lipinski definition) is 4. The number of halogens is 1. The zero-order chi connectivity index (χ0) is 13.2. The average molecular weight is 296 g/mol. The first-order valence-corrected chi connectivity index (χ1v) is 7.99. The van der Waals surface area contributed by atoms with Crippen LogP contribution in [0.25, 0.3) is 11.0 Å². The Morgan fingerprint density at radius 2 is 2.05 bits per heavy atom. The molecule has 0 amide bonds. The standard InChI is InChI=1S/C14H18ClN3S/c1-9-2-4-10(5-3-9)8-16-13-11(15)6-7-12-14(13)18-19-17-12/h6-7,9-10,16H,2-5,8H2,1H3. The highest BCUT2D eigenvalue weighted by Crippen LogP contribution is 2.32. The molecule has 1 aliphatic rings. The van der Waals surface area contributed by atoms with E-state index in [0.717, 1.165) is 40.1 Å². The normalized spacial score (nSPS) is 23.7. The van der Waals surface area contributed by atoms with Crippen LogP contribution < -0.4 is 5.32 Å². The smallest absolute Gasteiger partial charge is 0.129 e. The van der Waals surface area contributed by atoms with Crippen LogP contribution in [0.5, 0.6) is 0 Å². The Kier molecular flexibility index (Phi) is 3.89. The van der Waals surface area contributed by atoms with E-state index in [0.29, 0.717) is 0 Å². The molecule has 1 aromatic heterocycles. The molecule has 102 valence electrons. The quantitative estimate of drug-likeness (QED) is 0.900. The number of hydrogen-bond donors (Lipinski definition) is 1. The van der Waals surface area contributed by atoms with E-state index >= 15 is 0 Å². The van der Waals surface area contributed by atoms with Gasteiger partial charge in [0.15, 0.2) is 0 Å². The molecular formula is C14H18ClN3S. The number of benzene rings is 1. The largest absolute Gasteiger partial charge is 0.382 e. The van der Waals surface area contributed by atoms with E-state index in [1.165, 1.54) is 37.4 Å². The van der Waals surface area contributed by atoms with E-state index in [1.807, 2.05) is 12.1 Å². The molecule has 0 spiro atoms. The summed E-state index contributed by atoms with van der Waals surface area (Å²) in [5.74, 6) is 1.65. The number of nitrogens with zero attached hydrogens (tertiary/aromatic N) is 2. The monoisotopic (exact) mass is 295 g/mol. The van der Waals surface area contributed by atoms with Crippen LogP contribution in [0.2, 0.25) is 5.02 Å². The van der Waals surface area contributed by atoms with Gasteiger partial charge in [0.05, 0.1) is 22.4 Å². The summed E-state index contributed by atoms with van der Waals surface area (Å²) in [7, 11) is 0. The fraction of sp³-hybridized carbons (Fsp3) is 0.571. The fourth-order valence-electron chi connectivity index (χ4n) is 2.77. The third-order valence-electron chi connectivity index (χ3n) is 4.08. The summed E-state index contributed by atoms with van der Waals surface area (Å²) in [4.78, 5) is 0.